The topological polar surface area (TPSA) is 52.6 Å². The van der Waals surface area contributed by atoms with Crippen LogP contribution in [0.25, 0.3) is 0 Å². The summed E-state index contributed by atoms with van der Waals surface area (Å²) in [6, 6.07) is 1.80. The smallest absolute Gasteiger partial charge is 0.317 e. The molecule has 0 saturated carbocycles. The van der Waals surface area contributed by atoms with Crippen LogP contribution in [0, 0.1) is 0 Å². The summed E-state index contributed by atoms with van der Waals surface area (Å²) in [5.41, 5.74) is 0.226. The molecule has 0 unspecified atom stereocenters. The first-order valence-corrected chi connectivity index (χ1v) is 6.05. The van der Waals surface area contributed by atoms with Crippen LogP contribution in [-0.4, -0.2) is 35.2 Å². The molecule has 0 bridgehead atoms. The van der Waals surface area contributed by atoms with Crippen LogP contribution >= 0.6 is 11.3 Å². The van der Waals surface area contributed by atoms with E-state index in [-0.39, 0.29) is 6.03 Å². The number of amides is 2. The van der Waals surface area contributed by atoms with E-state index in [1.807, 2.05) is 16.8 Å². The third-order valence-corrected chi connectivity index (χ3v) is 2.73. The predicted octanol–water partition coefficient (Wildman–Crippen LogP) is 1.66. The lowest BCUT2D eigenvalue weighted by Crippen LogP contribution is -2.44. The Kier molecular flexibility index (Phi) is 4.32. The van der Waals surface area contributed by atoms with Crippen molar-refractivity contribution < 1.29 is 9.90 Å². The third-order valence-electron chi connectivity index (χ3n) is 1.99. The van der Waals surface area contributed by atoms with E-state index in [4.69, 9.17) is 0 Å². The number of likely N-dealkylation sites (N-methyl/N-ethyl adjacent to an activating group) is 1. The Morgan fingerprint density at radius 2 is 2.31 bits per heavy atom. The van der Waals surface area contributed by atoms with E-state index in [0.717, 1.165) is 5.56 Å². The number of nitrogens with one attached hydrogen (secondary N) is 1. The molecule has 0 spiro atoms. The lowest BCUT2D eigenvalue weighted by atomic mass is 10.1. The molecule has 4 nitrogen and oxygen atoms in total. The Bertz CT molecular complexity index is 330. The van der Waals surface area contributed by atoms with Crippen LogP contribution in [0.2, 0.25) is 0 Å². The SMILES string of the molecule is CN(CC(C)(C)O)C(=O)NCc1ccsc1. The van der Waals surface area contributed by atoms with E-state index >= 15 is 0 Å². The summed E-state index contributed by atoms with van der Waals surface area (Å²) in [5.74, 6) is 0. The first-order valence-electron chi connectivity index (χ1n) is 5.11. The number of nitrogens with zero attached hydrogens (tertiary/aromatic N) is 1. The molecular formula is C11H18N2O2S. The van der Waals surface area contributed by atoms with Crippen LogP contribution in [-0.2, 0) is 6.54 Å². The van der Waals surface area contributed by atoms with Crippen molar-refractivity contribution in [3.63, 3.8) is 0 Å². The maximum atomic E-state index is 11.6. The van der Waals surface area contributed by atoms with Gasteiger partial charge in [-0.25, -0.2) is 4.79 Å². The van der Waals surface area contributed by atoms with Gasteiger partial charge in [0, 0.05) is 13.6 Å². The molecule has 0 aliphatic heterocycles. The largest absolute Gasteiger partial charge is 0.389 e. The molecule has 0 fully saturated rings. The van der Waals surface area contributed by atoms with Gasteiger partial charge in [0.25, 0.3) is 0 Å². The van der Waals surface area contributed by atoms with E-state index in [9.17, 15) is 9.90 Å². The quantitative estimate of drug-likeness (QED) is 0.843. The summed E-state index contributed by atoms with van der Waals surface area (Å²) in [7, 11) is 1.67. The van der Waals surface area contributed by atoms with Gasteiger partial charge in [-0.3, -0.25) is 0 Å². The number of thiophene rings is 1. The van der Waals surface area contributed by atoms with E-state index in [0.29, 0.717) is 13.1 Å². The highest BCUT2D eigenvalue weighted by Gasteiger charge is 2.18. The second-order valence-corrected chi connectivity index (χ2v) is 5.24. The maximum Gasteiger partial charge on any atom is 0.317 e. The van der Waals surface area contributed by atoms with Crippen molar-refractivity contribution in [1.82, 2.24) is 10.2 Å². The zero-order valence-electron chi connectivity index (χ0n) is 9.86. The second kappa shape index (κ2) is 5.32. The minimum Gasteiger partial charge on any atom is -0.389 e. The summed E-state index contributed by atoms with van der Waals surface area (Å²) >= 11 is 1.60. The highest BCUT2D eigenvalue weighted by Crippen LogP contribution is 2.06. The summed E-state index contributed by atoms with van der Waals surface area (Å²) < 4.78 is 0. The van der Waals surface area contributed by atoms with E-state index < -0.39 is 5.60 Å². The van der Waals surface area contributed by atoms with Crippen molar-refractivity contribution >= 4 is 17.4 Å². The van der Waals surface area contributed by atoms with Gasteiger partial charge in [-0.2, -0.15) is 11.3 Å². The molecule has 2 N–H and O–H groups in total. The summed E-state index contributed by atoms with van der Waals surface area (Å²) in [6.07, 6.45) is 0. The predicted molar refractivity (Wildman–Crippen MR) is 65.5 cm³/mol. The fraction of sp³-hybridized carbons (Fsp3) is 0.545. The van der Waals surface area contributed by atoms with Crippen molar-refractivity contribution in [2.45, 2.75) is 26.0 Å². The lowest BCUT2D eigenvalue weighted by Gasteiger charge is -2.25. The van der Waals surface area contributed by atoms with Gasteiger partial charge < -0.3 is 15.3 Å². The molecule has 0 atom stereocenters. The first kappa shape index (κ1) is 13.0. The van der Waals surface area contributed by atoms with Crippen LogP contribution in [0.4, 0.5) is 4.79 Å². The fourth-order valence-corrected chi connectivity index (χ4v) is 2.03. The van der Waals surface area contributed by atoms with Crippen LogP contribution in [0.5, 0.6) is 0 Å². The van der Waals surface area contributed by atoms with E-state index in [2.05, 4.69) is 5.32 Å². The molecule has 90 valence electrons. The van der Waals surface area contributed by atoms with Crippen molar-refractivity contribution in [3.8, 4) is 0 Å². The Labute approximate surface area is 99.9 Å². The highest BCUT2D eigenvalue weighted by atomic mass is 32.1. The lowest BCUT2D eigenvalue weighted by molar-refractivity contribution is 0.0531. The van der Waals surface area contributed by atoms with Gasteiger partial charge >= 0.3 is 6.03 Å². The molecule has 5 heteroatoms. The number of urea groups is 1. The molecule has 1 aromatic rings. The molecule has 0 radical (unpaired) electrons. The van der Waals surface area contributed by atoms with Gasteiger partial charge in [0.2, 0.25) is 0 Å². The molecule has 0 aliphatic rings. The van der Waals surface area contributed by atoms with Gasteiger partial charge in [-0.1, -0.05) is 0 Å². The average Bonchev–Trinajstić information content (AvgIpc) is 2.63. The molecule has 0 aromatic carbocycles. The first-order chi connectivity index (χ1) is 7.38. The zero-order chi connectivity index (χ0) is 12.2. The Morgan fingerprint density at radius 3 is 2.81 bits per heavy atom. The van der Waals surface area contributed by atoms with Gasteiger partial charge in [0.1, 0.15) is 0 Å². The Morgan fingerprint density at radius 1 is 1.62 bits per heavy atom. The van der Waals surface area contributed by atoms with Crippen molar-refractivity contribution in [3.05, 3.63) is 22.4 Å². The number of carbonyl (C=O) groups is 1. The fourth-order valence-electron chi connectivity index (χ4n) is 1.36. The number of hydrogen-bond donors (Lipinski definition) is 2. The monoisotopic (exact) mass is 242 g/mol. The summed E-state index contributed by atoms with van der Waals surface area (Å²) in [6.45, 7) is 4.19. The number of carbonyl (C=O) groups excluding carboxylic acids is 1. The van der Waals surface area contributed by atoms with Crippen LogP contribution in [0.3, 0.4) is 0 Å². The second-order valence-electron chi connectivity index (χ2n) is 4.46. The standard InChI is InChI=1S/C11H18N2O2S/c1-11(2,15)8-13(3)10(14)12-6-9-4-5-16-7-9/h4-5,7,15H,6,8H2,1-3H3,(H,12,14). The molecule has 1 rings (SSSR count). The molecule has 1 aromatic heterocycles. The molecule has 0 saturated heterocycles. The molecule has 2 amide bonds. The third kappa shape index (κ3) is 4.63. The van der Waals surface area contributed by atoms with Crippen molar-refractivity contribution in [1.29, 1.82) is 0 Å². The van der Waals surface area contributed by atoms with Gasteiger partial charge in [0.05, 0.1) is 12.1 Å². The van der Waals surface area contributed by atoms with E-state index in [1.54, 1.807) is 32.2 Å². The normalized spacial score (nSPS) is 11.2. The molecular weight excluding hydrogens is 224 g/mol. The highest BCUT2D eigenvalue weighted by molar-refractivity contribution is 7.07. The Balaban J connectivity index is 2.35. The van der Waals surface area contributed by atoms with Gasteiger partial charge in [0.15, 0.2) is 0 Å². The minimum atomic E-state index is -0.867. The summed E-state index contributed by atoms with van der Waals surface area (Å²) in [5, 5.41) is 16.3. The Hall–Kier alpha value is -1.07. The van der Waals surface area contributed by atoms with Gasteiger partial charge in [-0.05, 0) is 36.2 Å². The van der Waals surface area contributed by atoms with Crippen LogP contribution in [0.15, 0.2) is 16.8 Å². The van der Waals surface area contributed by atoms with Crippen molar-refractivity contribution in [2.75, 3.05) is 13.6 Å². The molecule has 0 aliphatic carbocycles. The van der Waals surface area contributed by atoms with E-state index in [1.165, 1.54) is 4.90 Å². The van der Waals surface area contributed by atoms with Gasteiger partial charge in [-0.15, -0.1) is 0 Å². The molecule has 1 heterocycles. The van der Waals surface area contributed by atoms with Crippen LogP contribution < -0.4 is 5.32 Å². The average molecular weight is 242 g/mol. The van der Waals surface area contributed by atoms with Crippen LogP contribution in [0.1, 0.15) is 19.4 Å². The summed E-state index contributed by atoms with van der Waals surface area (Å²) in [4.78, 5) is 13.1. The number of hydrogen-bond acceptors (Lipinski definition) is 3. The zero-order valence-corrected chi connectivity index (χ0v) is 10.7. The van der Waals surface area contributed by atoms with Crippen molar-refractivity contribution in [2.24, 2.45) is 0 Å². The minimum absolute atomic E-state index is 0.173. The maximum absolute atomic E-state index is 11.6. The number of aliphatic hydroxyl groups is 1. The number of rotatable bonds is 4. The molecule has 16 heavy (non-hydrogen) atoms.